The summed E-state index contributed by atoms with van der Waals surface area (Å²) in [5.74, 6) is 0.864. The van der Waals surface area contributed by atoms with Gasteiger partial charge in [0.05, 0.1) is 17.7 Å². The minimum absolute atomic E-state index is 0.0678. The molecule has 28 heavy (non-hydrogen) atoms. The lowest BCUT2D eigenvalue weighted by Crippen LogP contribution is -2.28. The Balaban J connectivity index is 1.61. The van der Waals surface area contributed by atoms with Gasteiger partial charge in [0, 0.05) is 19.7 Å². The standard InChI is InChI=1S/C19H20N2O6S/c1-21(2)28(24,25)14-7-5-13(6-8-14)19(23)20-12-15(22)16-9-10-18(27-16)17-4-3-11-26-17/h3-11,15,22H,12H2,1-2H3,(H,20,23). The van der Waals surface area contributed by atoms with Crippen LogP contribution in [-0.4, -0.2) is 44.4 Å². The van der Waals surface area contributed by atoms with Gasteiger partial charge < -0.3 is 19.3 Å². The third-order valence-electron chi connectivity index (χ3n) is 4.07. The van der Waals surface area contributed by atoms with E-state index in [1.54, 1.807) is 24.3 Å². The fourth-order valence-corrected chi connectivity index (χ4v) is 3.37. The molecule has 0 radical (unpaired) electrons. The van der Waals surface area contributed by atoms with E-state index in [0.29, 0.717) is 17.3 Å². The van der Waals surface area contributed by atoms with E-state index in [2.05, 4.69) is 5.32 Å². The molecule has 8 nitrogen and oxygen atoms in total. The molecule has 0 fully saturated rings. The molecule has 0 saturated heterocycles. The highest BCUT2D eigenvalue weighted by Crippen LogP contribution is 2.25. The van der Waals surface area contributed by atoms with E-state index in [-0.39, 0.29) is 17.0 Å². The Kier molecular flexibility index (Phi) is 5.68. The topological polar surface area (TPSA) is 113 Å². The second-order valence-electron chi connectivity index (χ2n) is 6.22. The number of hydrogen-bond donors (Lipinski definition) is 2. The third-order valence-corrected chi connectivity index (χ3v) is 5.90. The van der Waals surface area contributed by atoms with Crippen molar-refractivity contribution in [2.45, 2.75) is 11.0 Å². The Hall–Kier alpha value is -2.88. The van der Waals surface area contributed by atoms with Crippen molar-refractivity contribution in [3.63, 3.8) is 0 Å². The number of carbonyl (C=O) groups excluding carboxylic acids is 1. The van der Waals surface area contributed by atoms with E-state index < -0.39 is 22.0 Å². The van der Waals surface area contributed by atoms with Gasteiger partial charge >= 0.3 is 0 Å². The van der Waals surface area contributed by atoms with Gasteiger partial charge in [0.1, 0.15) is 11.9 Å². The molecule has 0 bridgehead atoms. The number of furan rings is 2. The number of sulfonamides is 1. The first-order valence-electron chi connectivity index (χ1n) is 8.41. The first kappa shape index (κ1) is 19.9. The largest absolute Gasteiger partial charge is 0.461 e. The smallest absolute Gasteiger partial charge is 0.251 e. The number of hydrogen-bond acceptors (Lipinski definition) is 6. The molecule has 2 N–H and O–H groups in total. The number of carbonyl (C=O) groups is 1. The zero-order valence-electron chi connectivity index (χ0n) is 15.3. The van der Waals surface area contributed by atoms with Crippen LogP contribution < -0.4 is 5.32 Å². The molecule has 2 heterocycles. The summed E-state index contributed by atoms with van der Waals surface area (Å²) in [5, 5.41) is 12.8. The quantitative estimate of drug-likeness (QED) is 0.624. The molecule has 0 aliphatic heterocycles. The number of aliphatic hydroxyl groups is 1. The van der Waals surface area contributed by atoms with Crippen molar-refractivity contribution in [3.8, 4) is 11.5 Å². The molecule has 9 heteroatoms. The molecular weight excluding hydrogens is 384 g/mol. The molecule has 148 valence electrons. The normalized spacial score (nSPS) is 12.9. The monoisotopic (exact) mass is 404 g/mol. The van der Waals surface area contributed by atoms with Crippen molar-refractivity contribution in [3.05, 3.63) is 66.1 Å². The average molecular weight is 404 g/mol. The van der Waals surface area contributed by atoms with E-state index in [1.165, 1.54) is 44.6 Å². The van der Waals surface area contributed by atoms with E-state index >= 15 is 0 Å². The Morgan fingerprint density at radius 1 is 1.11 bits per heavy atom. The number of aliphatic hydroxyl groups excluding tert-OH is 1. The number of nitrogens with one attached hydrogen (secondary N) is 1. The molecule has 1 aromatic carbocycles. The van der Waals surface area contributed by atoms with Gasteiger partial charge in [-0.25, -0.2) is 12.7 Å². The van der Waals surface area contributed by atoms with Crippen LogP contribution in [0.3, 0.4) is 0 Å². The summed E-state index contributed by atoms with van der Waals surface area (Å²) < 4.78 is 36.0. The summed E-state index contributed by atoms with van der Waals surface area (Å²) in [4.78, 5) is 12.3. The van der Waals surface area contributed by atoms with Crippen LogP contribution in [0.1, 0.15) is 22.2 Å². The van der Waals surface area contributed by atoms with Crippen molar-refractivity contribution in [2.75, 3.05) is 20.6 Å². The molecule has 0 aliphatic carbocycles. The molecule has 3 aromatic rings. The Bertz CT molecular complexity index is 1040. The van der Waals surface area contributed by atoms with E-state index in [4.69, 9.17) is 8.83 Å². The average Bonchev–Trinajstić information content (AvgIpc) is 3.37. The molecule has 2 aromatic heterocycles. The summed E-state index contributed by atoms with van der Waals surface area (Å²) in [7, 11) is -0.688. The molecule has 0 aliphatic rings. The molecule has 0 saturated carbocycles. The summed E-state index contributed by atoms with van der Waals surface area (Å²) >= 11 is 0. The van der Waals surface area contributed by atoms with Crippen LogP contribution in [0, 0.1) is 0 Å². The molecule has 1 amide bonds. The SMILES string of the molecule is CN(C)S(=O)(=O)c1ccc(C(=O)NCC(O)c2ccc(-c3ccco3)o2)cc1. The lowest BCUT2D eigenvalue weighted by atomic mass is 10.2. The summed E-state index contributed by atoms with van der Waals surface area (Å²) in [5.41, 5.74) is 0.278. The highest BCUT2D eigenvalue weighted by molar-refractivity contribution is 7.89. The minimum atomic E-state index is -3.56. The zero-order valence-corrected chi connectivity index (χ0v) is 16.1. The highest BCUT2D eigenvalue weighted by Gasteiger charge is 2.19. The number of nitrogens with zero attached hydrogens (tertiary/aromatic N) is 1. The second-order valence-corrected chi connectivity index (χ2v) is 8.37. The predicted molar refractivity (Wildman–Crippen MR) is 101 cm³/mol. The Morgan fingerprint density at radius 2 is 1.82 bits per heavy atom. The number of benzene rings is 1. The van der Waals surface area contributed by atoms with Crippen LogP contribution >= 0.6 is 0 Å². The highest BCUT2D eigenvalue weighted by atomic mass is 32.2. The second kappa shape index (κ2) is 8.01. The van der Waals surface area contributed by atoms with Crippen molar-refractivity contribution >= 4 is 15.9 Å². The van der Waals surface area contributed by atoms with Gasteiger partial charge in [-0.3, -0.25) is 4.79 Å². The van der Waals surface area contributed by atoms with Crippen LogP contribution in [0.15, 0.2) is 68.5 Å². The van der Waals surface area contributed by atoms with Gasteiger partial charge in [-0.2, -0.15) is 0 Å². The molecule has 1 unspecified atom stereocenters. The number of rotatable bonds is 7. The first-order chi connectivity index (χ1) is 13.3. The lowest BCUT2D eigenvalue weighted by Gasteiger charge is -2.12. The fourth-order valence-electron chi connectivity index (χ4n) is 2.46. The van der Waals surface area contributed by atoms with Gasteiger partial charge in [0.25, 0.3) is 5.91 Å². The van der Waals surface area contributed by atoms with Gasteiger partial charge in [-0.1, -0.05) is 0 Å². The minimum Gasteiger partial charge on any atom is -0.461 e. The molecule has 0 spiro atoms. The van der Waals surface area contributed by atoms with E-state index in [9.17, 15) is 18.3 Å². The maximum absolute atomic E-state index is 12.2. The van der Waals surface area contributed by atoms with Crippen LogP contribution in [0.5, 0.6) is 0 Å². The zero-order chi connectivity index (χ0) is 20.3. The van der Waals surface area contributed by atoms with Crippen molar-refractivity contribution < 1.29 is 27.2 Å². The summed E-state index contributed by atoms with van der Waals surface area (Å²) in [6.07, 6.45) is 0.476. The van der Waals surface area contributed by atoms with Crippen molar-refractivity contribution in [1.29, 1.82) is 0 Å². The molecule has 1 atom stereocenters. The Morgan fingerprint density at radius 3 is 2.43 bits per heavy atom. The van der Waals surface area contributed by atoms with Crippen LogP contribution in [0.25, 0.3) is 11.5 Å². The van der Waals surface area contributed by atoms with Crippen molar-refractivity contribution in [1.82, 2.24) is 9.62 Å². The third kappa shape index (κ3) is 4.16. The van der Waals surface area contributed by atoms with Crippen LogP contribution in [-0.2, 0) is 10.0 Å². The Labute approximate surface area is 162 Å². The predicted octanol–water partition coefficient (Wildman–Crippen LogP) is 2.25. The van der Waals surface area contributed by atoms with Gasteiger partial charge in [0.2, 0.25) is 10.0 Å². The van der Waals surface area contributed by atoms with Gasteiger partial charge in [-0.15, -0.1) is 0 Å². The lowest BCUT2D eigenvalue weighted by molar-refractivity contribution is 0.0901. The first-order valence-corrected chi connectivity index (χ1v) is 9.85. The van der Waals surface area contributed by atoms with E-state index in [0.717, 1.165) is 4.31 Å². The van der Waals surface area contributed by atoms with Crippen LogP contribution in [0.2, 0.25) is 0 Å². The van der Waals surface area contributed by atoms with Crippen molar-refractivity contribution in [2.24, 2.45) is 0 Å². The molecule has 3 rings (SSSR count). The summed E-state index contributed by atoms with van der Waals surface area (Å²) in [6.45, 7) is -0.0678. The van der Waals surface area contributed by atoms with Crippen LogP contribution in [0.4, 0.5) is 0 Å². The summed E-state index contributed by atoms with van der Waals surface area (Å²) in [6, 6.07) is 12.3. The van der Waals surface area contributed by atoms with Gasteiger partial charge in [-0.05, 0) is 48.5 Å². The fraction of sp³-hybridized carbons (Fsp3) is 0.211. The maximum Gasteiger partial charge on any atom is 0.251 e. The maximum atomic E-state index is 12.2. The van der Waals surface area contributed by atoms with E-state index in [1.807, 2.05) is 0 Å². The molecular formula is C19H20N2O6S. The number of amides is 1. The van der Waals surface area contributed by atoms with Gasteiger partial charge in [0.15, 0.2) is 11.5 Å².